The lowest BCUT2D eigenvalue weighted by Crippen LogP contribution is -2.65. The molecule has 7 aliphatic rings. The van der Waals surface area contributed by atoms with E-state index < -0.39 is 5.60 Å². The molecule has 7 atom stereocenters. The van der Waals surface area contributed by atoms with E-state index in [1.807, 2.05) is 0 Å². The number of Topliss-reactive ketones (excluding diaryl/α,β-unsaturated/α-hetero) is 1. The zero-order valence-electron chi connectivity index (χ0n) is 21.8. The maximum Gasteiger partial charge on any atom is 0.169 e. The summed E-state index contributed by atoms with van der Waals surface area (Å²) in [6.45, 7) is 16.2. The van der Waals surface area contributed by atoms with Crippen LogP contribution in [-0.4, -0.2) is 22.6 Å². The van der Waals surface area contributed by atoms with Crippen LogP contribution in [0.3, 0.4) is 0 Å². The average molecular weight is 451 g/mol. The number of carbonyl (C=O) groups is 1. The van der Waals surface area contributed by atoms with Crippen LogP contribution in [0.4, 0.5) is 0 Å². The first-order chi connectivity index (χ1) is 15.4. The zero-order valence-corrected chi connectivity index (χ0v) is 21.8. The number of carbonyl (C=O) groups excluding carboxylic acids is 1. The normalized spacial score (nSPS) is 52.3. The molecule has 3 saturated carbocycles. The highest BCUT2D eigenvalue weighted by molar-refractivity contribution is 6.04. The van der Waals surface area contributed by atoms with E-state index in [4.69, 9.17) is 9.47 Å². The monoisotopic (exact) mass is 450 g/mol. The van der Waals surface area contributed by atoms with Crippen molar-refractivity contribution in [3.05, 3.63) is 23.0 Å². The second-order valence-corrected chi connectivity index (χ2v) is 14.5. The second-order valence-electron chi connectivity index (χ2n) is 14.5. The summed E-state index contributed by atoms with van der Waals surface area (Å²) in [6, 6.07) is 0. The smallest absolute Gasteiger partial charge is 0.169 e. The Morgan fingerprint density at radius 1 is 1.06 bits per heavy atom. The Hall–Kier alpha value is -1.09. The van der Waals surface area contributed by atoms with Crippen molar-refractivity contribution in [1.29, 1.82) is 0 Å². The first-order valence-corrected chi connectivity index (χ1v) is 13.7. The number of ketones is 1. The predicted octanol–water partition coefficient (Wildman–Crippen LogP) is 6.76. The Morgan fingerprint density at radius 2 is 1.82 bits per heavy atom. The summed E-state index contributed by atoms with van der Waals surface area (Å²) >= 11 is 0. The molecule has 0 aromatic carbocycles. The highest BCUT2D eigenvalue weighted by atomic mass is 16.6. The van der Waals surface area contributed by atoms with Gasteiger partial charge in [0.25, 0.3) is 0 Å². The minimum Gasteiger partial charge on any atom is -0.488 e. The number of hydrogen-bond donors (Lipinski definition) is 0. The van der Waals surface area contributed by atoms with Gasteiger partial charge < -0.3 is 9.47 Å². The van der Waals surface area contributed by atoms with Gasteiger partial charge in [0.2, 0.25) is 0 Å². The molecule has 3 heteroatoms. The number of ether oxygens (including phenoxy) is 2. The van der Waals surface area contributed by atoms with Crippen LogP contribution < -0.4 is 0 Å². The van der Waals surface area contributed by atoms with Crippen LogP contribution in [0.1, 0.15) is 99.8 Å². The Balaban J connectivity index is 1.61. The quantitative estimate of drug-likeness (QED) is 0.414. The number of hydrogen-bond acceptors (Lipinski definition) is 3. The summed E-state index contributed by atoms with van der Waals surface area (Å²) in [5.74, 6) is 2.84. The van der Waals surface area contributed by atoms with Gasteiger partial charge >= 0.3 is 0 Å². The molecular weight excluding hydrogens is 408 g/mol. The van der Waals surface area contributed by atoms with E-state index in [1.54, 1.807) is 0 Å². The van der Waals surface area contributed by atoms with Crippen molar-refractivity contribution in [2.24, 2.45) is 39.9 Å². The standard InChI is InChI=1S/C30H42O3/c1-17(2)22-23(31)27-13-9-18(3)19-15-21-26(6,7)32-24(22)30(21)29(19,27)16-28(33-30)12-8-11-25(4,5)20(28)10-14-27/h9,17,19-21H,8,10-16H2,1-7H3/t19-,20-,21+,27+,28-,29-,30-/m0/s1. The van der Waals surface area contributed by atoms with Crippen molar-refractivity contribution >= 4 is 5.78 Å². The Morgan fingerprint density at radius 3 is 2.55 bits per heavy atom. The van der Waals surface area contributed by atoms with Crippen LogP contribution in [0.2, 0.25) is 0 Å². The fourth-order valence-corrected chi connectivity index (χ4v) is 11.3. The van der Waals surface area contributed by atoms with Gasteiger partial charge in [-0.25, -0.2) is 0 Å². The van der Waals surface area contributed by atoms with Gasteiger partial charge in [-0.1, -0.05) is 45.8 Å². The zero-order chi connectivity index (χ0) is 23.4. The predicted molar refractivity (Wildman–Crippen MR) is 128 cm³/mol. The minimum absolute atomic E-state index is 0.111. The molecule has 3 nitrogen and oxygen atoms in total. The molecule has 0 unspecified atom stereocenters. The summed E-state index contributed by atoms with van der Waals surface area (Å²) in [5, 5.41) is 0. The lowest BCUT2D eigenvalue weighted by atomic mass is 9.42. The lowest BCUT2D eigenvalue weighted by Gasteiger charge is -2.60. The van der Waals surface area contributed by atoms with Gasteiger partial charge in [0.05, 0.1) is 5.60 Å². The van der Waals surface area contributed by atoms with Crippen LogP contribution >= 0.6 is 0 Å². The molecule has 2 saturated heterocycles. The second kappa shape index (κ2) is 5.66. The molecule has 2 heterocycles. The maximum absolute atomic E-state index is 14.8. The van der Waals surface area contributed by atoms with Crippen molar-refractivity contribution < 1.29 is 14.3 Å². The van der Waals surface area contributed by atoms with Gasteiger partial charge in [0.15, 0.2) is 5.78 Å². The van der Waals surface area contributed by atoms with E-state index >= 15 is 0 Å². The van der Waals surface area contributed by atoms with E-state index in [0.717, 1.165) is 49.9 Å². The summed E-state index contributed by atoms with van der Waals surface area (Å²) in [6.07, 6.45) is 11.4. The van der Waals surface area contributed by atoms with Crippen molar-refractivity contribution in [1.82, 2.24) is 0 Å². The van der Waals surface area contributed by atoms with Gasteiger partial charge in [0.1, 0.15) is 17.0 Å². The summed E-state index contributed by atoms with van der Waals surface area (Å²) in [5.41, 5.74) is 1.45. The molecule has 0 N–H and O–H groups in total. The highest BCUT2D eigenvalue weighted by Gasteiger charge is 2.90. The van der Waals surface area contributed by atoms with Gasteiger partial charge in [0, 0.05) is 22.3 Å². The fraction of sp³-hybridized carbons (Fsp3) is 0.833. The van der Waals surface area contributed by atoms with E-state index in [9.17, 15) is 4.79 Å². The largest absolute Gasteiger partial charge is 0.488 e. The molecule has 0 aromatic heterocycles. The molecule has 0 radical (unpaired) electrons. The molecular formula is C30H42O3. The van der Waals surface area contributed by atoms with Crippen LogP contribution in [0.5, 0.6) is 0 Å². The first-order valence-electron chi connectivity index (χ1n) is 13.7. The Kier molecular flexibility index (Phi) is 3.64. The molecule has 5 aliphatic carbocycles. The SMILES string of the molecule is CC1=CC[C@]23CC[C@H]4C(C)(C)CCC[C@]45C[C@]24[C@H]1C[C@@H]1C(C)(C)OC(=C(C(C)C)C3=O)[C@@]14O5. The van der Waals surface area contributed by atoms with Gasteiger partial charge in [-0.05, 0) is 88.9 Å². The Labute approximate surface area is 199 Å². The van der Waals surface area contributed by atoms with Crippen molar-refractivity contribution in [3.63, 3.8) is 0 Å². The van der Waals surface area contributed by atoms with E-state index in [0.29, 0.717) is 23.5 Å². The minimum atomic E-state index is -0.420. The number of rotatable bonds is 1. The fourth-order valence-electron chi connectivity index (χ4n) is 11.3. The first kappa shape index (κ1) is 21.2. The third kappa shape index (κ3) is 1.92. The topological polar surface area (TPSA) is 35.5 Å². The molecule has 0 amide bonds. The molecule has 33 heavy (non-hydrogen) atoms. The lowest BCUT2D eigenvalue weighted by molar-refractivity contribution is -0.207. The highest BCUT2D eigenvalue weighted by Crippen LogP contribution is 2.86. The number of allylic oxidation sites excluding steroid dienone is 3. The third-order valence-electron chi connectivity index (χ3n) is 12.2. The Bertz CT molecular complexity index is 1040. The van der Waals surface area contributed by atoms with E-state index in [-0.39, 0.29) is 33.4 Å². The van der Waals surface area contributed by atoms with Gasteiger partial charge in [-0.3, -0.25) is 4.79 Å². The molecule has 180 valence electrons. The van der Waals surface area contributed by atoms with Crippen molar-refractivity contribution in [2.45, 2.75) is 117 Å². The van der Waals surface area contributed by atoms with Crippen molar-refractivity contribution in [3.8, 4) is 0 Å². The molecule has 2 aliphatic heterocycles. The molecule has 3 spiro atoms. The molecule has 2 bridgehead atoms. The molecule has 5 fully saturated rings. The maximum atomic E-state index is 14.8. The third-order valence-corrected chi connectivity index (χ3v) is 12.2. The van der Waals surface area contributed by atoms with Crippen LogP contribution in [0, 0.1) is 39.9 Å². The van der Waals surface area contributed by atoms with Crippen LogP contribution in [0.25, 0.3) is 0 Å². The van der Waals surface area contributed by atoms with Crippen molar-refractivity contribution in [2.75, 3.05) is 0 Å². The summed E-state index contributed by atoms with van der Waals surface area (Å²) in [4.78, 5) is 14.8. The van der Waals surface area contributed by atoms with Gasteiger partial charge in [-0.2, -0.15) is 0 Å². The summed E-state index contributed by atoms with van der Waals surface area (Å²) in [7, 11) is 0. The molecule has 0 aromatic rings. The summed E-state index contributed by atoms with van der Waals surface area (Å²) < 4.78 is 14.8. The molecule has 7 rings (SSSR count). The average Bonchev–Trinajstić information content (AvgIpc) is 3.18. The van der Waals surface area contributed by atoms with E-state index in [1.165, 1.54) is 18.4 Å². The van der Waals surface area contributed by atoms with Gasteiger partial charge in [-0.15, -0.1) is 0 Å². The van der Waals surface area contributed by atoms with Crippen LogP contribution in [0.15, 0.2) is 23.0 Å². The van der Waals surface area contributed by atoms with E-state index in [2.05, 4.69) is 54.5 Å². The van der Waals surface area contributed by atoms with Crippen LogP contribution in [-0.2, 0) is 14.3 Å².